The highest BCUT2D eigenvalue weighted by Gasteiger charge is 2.00. The first-order valence-corrected chi connectivity index (χ1v) is 10.3. The van der Waals surface area contributed by atoms with Gasteiger partial charge in [-0.25, -0.2) is 0 Å². The maximum atomic E-state index is 5.74. The van der Waals surface area contributed by atoms with E-state index >= 15 is 0 Å². The molecule has 0 atom stereocenters. The summed E-state index contributed by atoms with van der Waals surface area (Å²) in [5.41, 5.74) is 3.42. The molecule has 0 saturated carbocycles. The van der Waals surface area contributed by atoms with Crippen molar-refractivity contribution in [2.24, 2.45) is 0 Å². The predicted molar refractivity (Wildman–Crippen MR) is 127 cm³/mol. The molecule has 2 nitrogen and oxygen atoms in total. The first kappa shape index (κ1) is 25.0. The summed E-state index contributed by atoms with van der Waals surface area (Å²) < 4.78 is 5.64. The van der Waals surface area contributed by atoms with Gasteiger partial charge in [-0.05, 0) is 74.7 Å². The lowest BCUT2D eigenvalue weighted by atomic mass is 10.2. The number of allylic oxidation sites excluding steroid dienone is 1. The van der Waals surface area contributed by atoms with Crippen LogP contribution in [0.25, 0.3) is 0 Å². The molecule has 5 heteroatoms. The topological polar surface area (TPSA) is 22.1 Å². The van der Waals surface area contributed by atoms with E-state index in [0.717, 1.165) is 23.5 Å². The highest BCUT2D eigenvalue weighted by Crippen LogP contribution is 2.28. The molecule has 0 fully saturated rings. The van der Waals surface area contributed by atoms with Crippen LogP contribution in [0.3, 0.4) is 0 Å². The van der Waals surface area contributed by atoms with Gasteiger partial charge in [0.15, 0.2) is 0 Å². The van der Waals surface area contributed by atoms with E-state index in [1.165, 1.54) is 11.1 Å². The van der Waals surface area contributed by atoms with Crippen LogP contribution in [0.2, 0.25) is 15.1 Å². The molecule has 2 aromatic carbocycles. The number of nitrogens with zero attached hydrogens (tertiary/aromatic N) is 1. The molecule has 29 heavy (non-hydrogen) atoms. The second kappa shape index (κ2) is 13.3. The normalized spacial score (nSPS) is 9.48. The number of hydrogen-bond donors (Lipinski definition) is 0. The van der Waals surface area contributed by atoms with Crippen LogP contribution >= 0.6 is 34.8 Å². The highest BCUT2D eigenvalue weighted by atomic mass is 35.5. The molecule has 0 spiro atoms. The second-order valence-corrected chi connectivity index (χ2v) is 7.73. The minimum absolute atomic E-state index is 0.497. The number of hydrogen-bond acceptors (Lipinski definition) is 2. The van der Waals surface area contributed by atoms with Crippen molar-refractivity contribution < 1.29 is 4.74 Å². The summed E-state index contributed by atoms with van der Waals surface area (Å²) in [5.74, 6) is 1.67. The molecule has 0 N–H and O–H groups in total. The number of rotatable bonds is 3. The van der Waals surface area contributed by atoms with E-state index in [1.807, 2.05) is 45.0 Å². The third-order valence-corrected chi connectivity index (χ3v) is 4.55. The monoisotopic (exact) mass is 449 g/mol. The van der Waals surface area contributed by atoms with Crippen LogP contribution in [0, 0.1) is 6.92 Å². The van der Waals surface area contributed by atoms with Crippen molar-refractivity contribution >= 4 is 34.8 Å². The molecule has 0 radical (unpaired) electrons. The van der Waals surface area contributed by atoms with E-state index < -0.39 is 0 Å². The molecular weight excluding hydrogens is 425 g/mol. The zero-order valence-electron chi connectivity index (χ0n) is 17.2. The van der Waals surface area contributed by atoms with Gasteiger partial charge < -0.3 is 4.74 Å². The van der Waals surface area contributed by atoms with Gasteiger partial charge in [-0.3, -0.25) is 4.98 Å². The Labute approximate surface area is 189 Å². The van der Waals surface area contributed by atoms with Gasteiger partial charge in [0.25, 0.3) is 0 Å². The summed E-state index contributed by atoms with van der Waals surface area (Å²) in [7, 11) is 0. The number of pyridine rings is 1. The molecule has 0 saturated heterocycles. The van der Waals surface area contributed by atoms with E-state index in [4.69, 9.17) is 39.5 Å². The maximum absolute atomic E-state index is 5.74. The fraction of sp³-hybridized carbons (Fsp3) is 0.208. The summed E-state index contributed by atoms with van der Waals surface area (Å²) in [6.45, 7) is 11.5. The molecular formula is C24H26Cl3NO. The molecule has 0 aliphatic rings. The fourth-order valence-corrected chi connectivity index (χ4v) is 2.56. The van der Waals surface area contributed by atoms with E-state index in [0.29, 0.717) is 15.1 Å². The van der Waals surface area contributed by atoms with Gasteiger partial charge in [-0.2, -0.15) is 0 Å². The molecule has 3 rings (SSSR count). The molecule has 0 aliphatic heterocycles. The van der Waals surface area contributed by atoms with Crippen LogP contribution in [0.15, 0.2) is 73.1 Å². The highest BCUT2D eigenvalue weighted by molar-refractivity contribution is 6.43. The van der Waals surface area contributed by atoms with Crippen LogP contribution in [0.1, 0.15) is 31.9 Å². The minimum Gasteiger partial charge on any atom is -0.457 e. The average Bonchev–Trinajstić information content (AvgIpc) is 2.68. The largest absolute Gasteiger partial charge is 0.457 e. The molecule has 3 aromatic rings. The minimum atomic E-state index is 0.497. The van der Waals surface area contributed by atoms with Gasteiger partial charge in [0.1, 0.15) is 11.5 Å². The van der Waals surface area contributed by atoms with E-state index in [1.54, 1.807) is 24.5 Å². The Balaban J connectivity index is 0.000000259. The third kappa shape index (κ3) is 10.4. The smallest absolute Gasteiger partial charge is 0.130 e. The fourth-order valence-electron chi connectivity index (χ4n) is 1.96. The van der Waals surface area contributed by atoms with Crippen LogP contribution in [0.4, 0.5) is 0 Å². The van der Waals surface area contributed by atoms with Crippen molar-refractivity contribution in [2.75, 3.05) is 0 Å². The number of halogens is 3. The molecule has 1 aromatic heterocycles. The van der Waals surface area contributed by atoms with Crippen LogP contribution in [0.5, 0.6) is 11.5 Å². The lowest BCUT2D eigenvalue weighted by Crippen LogP contribution is -1.85. The molecule has 0 unspecified atom stereocenters. The first-order chi connectivity index (χ1) is 13.7. The summed E-state index contributed by atoms with van der Waals surface area (Å²) in [6, 6.07) is 15.2. The number of ether oxygens (including phenoxy) is 1. The molecule has 0 bridgehead atoms. The van der Waals surface area contributed by atoms with Crippen molar-refractivity contribution in [1.82, 2.24) is 4.98 Å². The van der Waals surface area contributed by atoms with E-state index in [9.17, 15) is 0 Å². The lowest BCUT2D eigenvalue weighted by Gasteiger charge is -2.05. The van der Waals surface area contributed by atoms with Gasteiger partial charge in [-0.1, -0.05) is 59.4 Å². The predicted octanol–water partition coefficient (Wildman–Crippen LogP) is 8.97. The number of aryl methyl sites for hydroxylation is 2. The van der Waals surface area contributed by atoms with Crippen molar-refractivity contribution in [3.8, 4) is 11.5 Å². The Morgan fingerprint density at radius 3 is 1.83 bits per heavy atom. The molecule has 0 amide bonds. The van der Waals surface area contributed by atoms with Gasteiger partial charge in [0.05, 0.1) is 10.0 Å². The summed E-state index contributed by atoms with van der Waals surface area (Å²) >= 11 is 17.1. The average molecular weight is 451 g/mol. The zero-order chi connectivity index (χ0) is 21.8. The first-order valence-electron chi connectivity index (χ1n) is 9.13. The van der Waals surface area contributed by atoms with Crippen LogP contribution in [-0.2, 0) is 6.42 Å². The standard InChI is InChI=1S/C13H13NO.C7H5Cl3.C4H8/c1-2-11-3-5-12(6-4-11)15-13-7-9-14-10-8-13;1-4-2-6(9)7(10)3-5(4)8;1-4(2)3/h3-10H,2H2,1H3;2-3H,1H3;1H2,2-3H3. The lowest BCUT2D eigenvalue weighted by molar-refractivity contribution is 0.482. The second-order valence-electron chi connectivity index (χ2n) is 6.51. The van der Waals surface area contributed by atoms with Crippen molar-refractivity contribution in [1.29, 1.82) is 0 Å². The van der Waals surface area contributed by atoms with Gasteiger partial charge in [0, 0.05) is 17.4 Å². The Bertz CT molecular complexity index is 840. The van der Waals surface area contributed by atoms with Gasteiger partial charge in [0.2, 0.25) is 0 Å². The Morgan fingerprint density at radius 2 is 1.34 bits per heavy atom. The summed E-state index contributed by atoms with van der Waals surface area (Å²) in [5, 5.41) is 1.69. The Kier molecular flexibility index (Phi) is 11.5. The van der Waals surface area contributed by atoms with Crippen molar-refractivity contribution in [2.45, 2.75) is 34.1 Å². The molecule has 154 valence electrons. The Hall–Kier alpha value is -2.00. The number of benzene rings is 2. The number of aromatic nitrogens is 1. The van der Waals surface area contributed by atoms with Gasteiger partial charge >= 0.3 is 0 Å². The van der Waals surface area contributed by atoms with Crippen molar-refractivity contribution in [3.05, 3.63) is 99.3 Å². The van der Waals surface area contributed by atoms with E-state index in [2.05, 4.69) is 30.6 Å². The summed E-state index contributed by atoms with van der Waals surface area (Å²) in [6.07, 6.45) is 4.49. The zero-order valence-corrected chi connectivity index (χ0v) is 19.4. The van der Waals surface area contributed by atoms with E-state index in [-0.39, 0.29) is 0 Å². The Morgan fingerprint density at radius 1 is 0.862 bits per heavy atom. The van der Waals surface area contributed by atoms with Crippen LogP contribution < -0.4 is 4.74 Å². The molecule has 0 aliphatic carbocycles. The molecule has 1 heterocycles. The quantitative estimate of drug-likeness (QED) is 0.293. The maximum Gasteiger partial charge on any atom is 0.130 e. The van der Waals surface area contributed by atoms with Gasteiger partial charge in [-0.15, -0.1) is 6.58 Å². The SMILES string of the molecule is C=C(C)C.CCc1ccc(Oc2ccncc2)cc1.Cc1cc(Cl)c(Cl)cc1Cl. The third-order valence-electron chi connectivity index (χ3n) is 3.42. The van der Waals surface area contributed by atoms with Crippen LogP contribution in [-0.4, -0.2) is 4.98 Å². The van der Waals surface area contributed by atoms with Crippen molar-refractivity contribution in [3.63, 3.8) is 0 Å². The summed E-state index contributed by atoms with van der Waals surface area (Å²) in [4.78, 5) is 3.93.